The van der Waals surface area contributed by atoms with Gasteiger partial charge in [0.2, 0.25) is 0 Å². The van der Waals surface area contributed by atoms with E-state index >= 15 is 0 Å². The lowest BCUT2D eigenvalue weighted by Gasteiger charge is -2.11. The minimum Gasteiger partial charge on any atom is -0.496 e. The number of H-pyrrole nitrogens is 1. The molecule has 1 amide bonds. The highest BCUT2D eigenvalue weighted by atomic mass is 16.5. The summed E-state index contributed by atoms with van der Waals surface area (Å²) in [7, 11) is 3.43. The molecule has 2 aromatic heterocycles. The maximum Gasteiger partial charge on any atom is 0.269 e. The quantitative estimate of drug-likeness (QED) is 0.744. The van der Waals surface area contributed by atoms with Crippen LogP contribution in [0.2, 0.25) is 0 Å². The number of amides is 1. The largest absolute Gasteiger partial charge is 0.496 e. The molecule has 0 saturated carbocycles. The number of rotatable bonds is 5. The van der Waals surface area contributed by atoms with Gasteiger partial charge in [-0.15, -0.1) is 10.2 Å². The van der Waals surface area contributed by atoms with Crippen molar-refractivity contribution in [2.75, 3.05) is 7.11 Å². The standard InChI is InChI=1S/C16H18N6O2/c1-10(15-21-17-9-22(15)2)18-16(23)13-8-12(19-20-13)11-6-4-5-7-14(11)24-3/h4-10H,1-3H3,(H,18,23)(H,19,20)/t10-/m0/s1. The number of aromatic amines is 1. The van der Waals surface area contributed by atoms with Gasteiger partial charge in [-0.3, -0.25) is 9.89 Å². The van der Waals surface area contributed by atoms with Crippen molar-refractivity contribution in [1.82, 2.24) is 30.3 Å². The van der Waals surface area contributed by atoms with Crippen LogP contribution in [0, 0.1) is 0 Å². The third-order valence-corrected chi connectivity index (χ3v) is 3.69. The molecule has 2 N–H and O–H groups in total. The Balaban J connectivity index is 1.78. The van der Waals surface area contributed by atoms with Gasteiger partial charge in [-0.25, -0.2) is 0 Å². The zero-order valence-corrected chi connectivity index (χ0v) is 13.6. The molecule has 0 aliphatic carbocycles. The summed E-state index contributed by atoms with van der Waals surface area (Å²) in [6, 6.07) is 8.92. The predicted molar refractivity (Wildman–Crippen MR) is 87.5 cm³/mol. The number of nitrogens with zero attached hydrogens (tertiary/aromatic N) is 4. The van der Waals surface area contributed by atoms with Crippen LogP contribution in [0.5, 0.6) is 5.75 Å². The summed E-state index contributed by atoms with van der Waals surface area (Å²) in [4.78, 5) is 12.4. The van der Waals surface area contributed by atoms with E-state index in [1.807, 2.05) is 38.2 Å². The van der Waals surface area contributed by atoms with E-state index in [1.54, 1.807) is 24.1 Å². The molecule has 24 heavy (non-hydrogen) atoms. The third-order valence-electron chi connectivity index (χ3n) is 3.69. The van der Waals surface area contributed by atoms with Crippen LogP contribution >= 0.6 is 0 Å². The lowest BCUT2D eigenvalue weighted by Crippen LogP contribution is -2.28. The van der Waals surface area contributed by atoms with Gasteiger partial charge in [0.15, 0.2) is 5.82 Å². The lowest BCUT2D eigenvalue weighted by molar-refractivity contribution is 0.0932. The SMILES string of the molecule is COc1ccccc1-c1cc(C(=O)N[C@@H](C)c2nncn2C)[nH]n1. The maximum atomic E-state index is 12.4. The highest BCUT2D eigenvalue weighted by molar-refractivity contribution is 5.93. The van der Waals surface area contributed by atoms with E-state index in [0.717, 1.165) is 5.56 Å². The van der Waals surface area contributed by atoms with E-state index in [4.69, 9.17) is 4.74 Å². The molecule has 0 saturated heterocycles. The van der Waals surface area contributed by atoms with Crippen molar-refractivity contribution < 1.29 is 9.53 Å². The fourth-order valence-electron chi connectivity index (χ4n) is 2.46. The smallest absolute Gasteiger partial charge is 0.269 e. The van der Waals surface area contributed by atoms with E-state index in [-0.39, 0.29) is 11.9 Å². The number of methoxy groups -OCH3 is 1. The molecule has 3 aromatic rings. The number of nitrogens with one attached hydrogen (secondary N) is 2. The van der Waals surface area contributed by atoms with Crippen molar-refractivity contribution in [2.24, 2.45) is 7.05 Å². The Morgan fingerprint density at radius 1 is 1.38 bits per heavy atom. The molecule has 0 radical (unpaired) electrons. The molecule has 1 aromatic carbocycles. The maximum absolute atomic E-state index is 12.4. The zero-order chi connectivity index (χ0) is 17.1. The Kier molecular flexibility index (Phi) is 4.28. The number of hydrogen-bond acceptors (Lipinski definition) is 5. The normalized spacial score (nSPS) is 12.0. The first-order valence-corrected chi connectivity index (χ1v) is 7.43. The highest BCUT2D eigenvalue weighted by Gasteiger charge is 2.18. The Morgan fingerprint density at radius 2 is 2.17 bits per heavy atom. The Labute approximate surface area is 138 Å². The highest BCUT2D eigenvalue weighted by Crippen LogP contribution is 2.28. The fourth-order valence-corrected chi connectivity index (χ4v) is 2.46. The molecule has 0 unspecified atom stereocenters. The average Bonchev–Trinajstić information content (AvgIpc) is 3.23. The number of ether oxygens (including phenoxy) is 1. The van der Waals surface area contributed by atoms with Crippen LogP contribution < -0.4 is 10.1 Å². The van der Waals surface area contributed by atoms with E-state index in [1.165, 1.54) is 0 Å². The Morgan fingerprint density at radius 3 is 2.88 bits per heavy atom. The molecular weight excluding hydrogens is 308 g/mol. The molecule has 8 nitrogen and oxygen atoms in total. The molecule has 0 fully saturated rings. The Bertz CT molecular complexity index is 854. The topological polar surface area (TPSA) is 97.7 Å². The van der Waals surface area contributed by atoms with Gasteiger partial charge in [0.05, 0.1) is 18.8 Å². The van der Waals surface area contributed by atoms with Gasteiger partial charge >= 0.3 is 0 Å². The second-order valence-electron chi connectivity index (χ2n) is 5.36. The van der Waals surface area contributed by atoms with Crippen LogP contribution in [-0.2, 0) is 7.05 Å². The van der Waals surface area contributed by atoms with Gasteiger partial charge in [0.1, 0.15) is 17.8 Å². The monoisotopic (exact) mass is 326 g/mol. The lowest BCUT2D eigenvalue weighted by atomic mass is 10.1. The second-order valence-corrected chi connectivity index (χ2v) is 5.36. The van der Waals surface area contributed by atoms with Crippen molar-refractivity contribution in [3.05, 3.63) is 48.2 Å². The predicted octanol–water partition coefficient (Wildman–Crippen LogP) is 1.70. The van der Waals surface area contributed by atoms with Crippen molar-refractivity contribution >= 4 is 5.91 Å². The Hall–Kier alpha value is -3.16. The van der Waals surface area contributed by atoms with Crippen molar-refractivity contribution in [3.8, 4) is 17.0 Å². The van der Waals surface area contributed by atoms with Gasteiger partial charge in [-0.1, -0.05) is 12.1 Å². The number of carbonyl (C=O) groups is 1. The van der Waals surface area contributed by atoms with Crippen LogP contribution in [-0.4, -0.2) is 38.0 Å². The van der Waals surface area contributed by atoms with Crippen molar-refractivity contribution in [2.45, 2.75) is 13.0 Å². The number of carbonyl (C=O) groups excluding carboxylic acids is 1. The van der Waals surface area contributed by atoms with Crippen LogP contribution in [0.15, 0.2) is 36.7 Å². The number of hydrogen-bond donors (Lipinski definition) is 2. The number of aryl methyl sites for hydroxylation is 1. The van der Waals surface area contributed by atoms with E-state index in [0.29, 0.717) is 23.0 Å². The minimum absolute atomic E-state index is 0.265. The van der Waals surface area contributed by atoms with Crippen LogP contribution in [0.3, 0.4) is 0 Å². The third kappa shape index (κ3) is 2.98. The summed E-state index contributed by atoms with van der Waals surface area (Å²) in [5.74, 6) is 1.11. The molecule has 124 valence electrons. The average molecular weight is 326 g/mol. The molecule has 3 rings (SSSR count). The van der Waals surface area contributed by atoms with Gasteiger partial charge in [0, 0.05) is 12.6 Å². The zero-order valence-electron chi connectivity index (χ0n) is 13.6. The summed E-state index contributed by atoms with van der Waals surface area (Å²) in [6.45, 7) is 1.85. The summed E-state index contributed by atoms with van der Waals surface area (Å²) in [5, 5.41) is 17.6. The van der Waals surface area contributed by atoms with Gasteiger partial charge in [-0.05, 0) is 25.1 Å². The molecular formula is C16H18N6O2. The van der Waals surface area contributed by atoms with Gasteiger partial charge in [-0.2, -0.15) is 5.10 Å². The number of para-hydroxylation sites is 1. The fraction of sp³-hybridized carbons (Fsp3) is 0.250. The molecule has 0 bridgehead atoms. The van der Waals surface area contributed by atoms with E-state index in [9.17, 15) is 4.79 Å². The van der Waals surface area contributed by atoms with Crippen LogP contribution in [0.4, 0.5) is 0 Å². The van der Waals surface area contributed by atoms with Crippen molar-refractivity contribution in [3.63, 3.8) is 0 Å². The first kappa shape index (κ1) is 15.7. The molecule has 8 heteroatoms. The first-order chi connectivity index (χ1) is 11.6. The molecule has 1 atom stereocenters. The van der Waals surface area contributed by atoms with Crippen LogP contribution in [0.25, 0.3) is 11.3 Å². The molecule has 0 spiro atoms. The number of benzene rings is 1. The summed E-state index contributed by atoms with van der Waals surface area (Å²) < 4.78 is 7.09. The summed E-state index contributed by atoms with van der Waals surface area (Å²) in [5.41, 5.74) is 1.82. The molecule has 2 heterocycles. The van der Waals surface area contributed by atoms with E-state index < -0.39 is 0 Å². The molecule has 0 aliphatic rings. The van der Waals surface area contributed by atoms with Crippen molar-refractivity contribution in [1.29, 1.82) is 0 Å². The minimum atomic E-state index is -0.275. The summed E-state index contributed by atoms with van der Waals surface area (Å²) >= 11 is 0. The second kappa shape index (κ2) is 6.53. The van der Waals surface area contributed by atoms with E-state index in [2.05, 4.69) is 25.7 Å². The first-order valence-electron chi connectivity index (χ1n) is 7.43. The molecule has 0 aliphatic heterocycles. The summed E-state index contributed by atoms with van der Waals surface area (Å²) in [6.07, 6.45) is 1.59. The van der Waals surface area contributed by atoms with Gasteiger partial charge in [0.25, 0.3) is 5.91 Å². The van der Waals surface area contributed by atoms with Gasteiger partial charge < -0.3 is 14.6 Å². The number of aromatic nitrogens is 5. The van der Waals surface area contributed by atoms with Crippen LogP contribution in [0.1, 0.15) is 29.3 Å².